The first kappa shape index (κ1) is 33.4. The van der Waals surface area contributed by atoms with E-state index in [2.05, 4.69) is 28.4 Å². The number of carbonyl (C=O) groups is 3. The fourth-order valence-corrected chi connectivity index (χ4v) is 7.17. The summed E-state index contributed by atoms with van der Waals surface area (Å²) in [6.07, 6.45) is 12.9. The number of fused-ring (bicyclic) bond motifs is 2. The number of amides is 3. The molecule has 48 heavy (non-hydrogen) atoms. The lowest BCUT2D eigenvalue weighted by molar-refractivity contribution is -0.205. The molecular formula is C34H39N6O7P. The molecule has 3 aromatic rings. The molecule has 14 heteroatoms. The number of phosphoric acid groups is 1. The Bertz CT molecular complexity index is 1820. The fourth-order valence-electron chi connectivity index (χ4n) is 6.78. The third kappa shape index (κ3) is 7.29. The highest BCUT2D eigenvalue weighted by molar-refractivity contribution is 7.46. The molecule has 2 saturated heterocycles. The molecule has 1 aromatic heterocycles. The molecule has 3 atom stereocenters. The number of hydrazine groups is 1. The van der Waals surface area contributed by atoms with Gasteiger partial charge >= 0.3 is 7.82 Å². The van der Waals surface area contributed by atoms with Gasteiger partial charge < -0.3 is 14.3 Å². The van der Waals surface area contributed by atoms with Gasteiger partial charge in [-0.2, -0.15) is 5.10 Å². The zero-order chi connectivity index (χ0) is 34.0. The topological polar surface area (TPSA) is 149 Å². The predicted octanol–water partition coefficient (Wildman–Crippen LogP) is 3.31. The fraction of sp³-hybridized carbons (Fsp3) is 0.353. The Morgan fingerprint density at radius 2 is 1.94 bits per heavy atom. The summed E-state index contributed by atoms with van der Waals surface area (Å²) in [4.78, 5) is 64.0. The van der Waals surface area contributed by atoms with Crippen molar-refractivity contribution in [3.8, 4) is 5.75 Å². The number of allylic oxidation sites excluding steroid dienone is 4. The molecule has 3 heterocycles. The Labute approximate surface area is 278 Å². The standard InChI is InChI=1S/C34H39N6O7P/c1-3-18-38-23-32(42)39-29(19-25-12-15-28(16-13-25)47-48(44,45)46)34(43)37(21-27-11-7-10-26-20-36(2)35-33(26)27)22-30(39)40(38)31(41)17-14-24-8-5-4-6-9-24/h3-8,10-13,15-16,20,24,29-30H,1,9,14,17-19,21-23H2,2H3,(H2,44,45,46)/t24?,29-,30-/m0/s1. The number of piperazine rings is 1. The predicted molar refractivity (Wildman–Crippen MR) is 178 cm³/mol. The highest BCUT2D eigenvalue weighted by atomic mass is 31.2. The van der Waals surface area contributed by atoms with E-state index in [0.29, 0.717) is 12.0 Å². The summed E-state index contributed by atoms with van der Waals surface area (Å²) in [5.74, 6) is -0.479. The number of nitrogens with zero attached hydrogens (tertiary/aromatic N) is 6. The van der Waals surface area contributed by atoms with Gasteiger partial charge in [-0.15, -0.1) is 6.58 Å². The quantitative estimate of drug-likeness (QED) is 0.231. The first-order valence-corrected chi connectivity index (χ1v) is 17.4. The number of benzene rings is 2. The second-order valence-electron chi connectivity index (χ2n) is 12.3. The summed E-state index contributed by atoms with van der Waals surface area (Å²) in [5, 5.41) is 8.92. The maximum Gasteiger partial charge on any atom is 0.524 e. The number of carbonyl (C=O) groups excluding carboxylic acids is 3. The van der Waals surface area contributed by atoms with Crippen LogP contribution in [0.5, 0.6) is 5.75 Å². The molecular weight excluding hydrogens is 635 g/mol. The van der Waals surface area contributed by atoms with Crippen LogP contribution in [0.25, 0.3) is 10.9 Å². The number of rotatable bonds is 11. The number of aryl methyl sites for hydroxylation is 1. The molecule has 1 aliphatic carbocycles. The van der Waals surface area contributed by atoms with Gasteiger partial charge in [0, 0.05) is 44.6 Å². The SMILES string of the molecule is C=CCN1CC(=O)N2[C@@H](Cc3ccc(OP(=O)(O)O)cc3)C(=O)N(Cc3cccc4cn(C)nc34)C[C@@H]2N1C(=O)CCC1C=CC=CC1. The van der Waals surface area contributed by atoms with Crippen LogP contribution in [-0.2, 0) is 39.0 Å². The van der Waals surface area contributed by atoms with Crippen molar-refractivity contribution >= 4 is 36.4 Å². The van der Waals surface area contributed by atoms with Gasteiger partial charge in [0.05, 0.1) is 18.6 Å². The Morgan fingerprint density at radius 1 is 1.15 bits per heavy atom. The summed E-state index contributed by atoms with van der Waals surface area (Å²) in [6.45, 7) is 4.37. The number of aromatic nitrogens is 2. The van der Waals surface area contributed by atoms with E-state index in [4.69, 9.17) is 0 Å². The zero-order valence-corrected chi connectivity index (χ0v) is 27.6. The lowest BCUT2D eigenvalue weighted by Gasteiger charge is -2.55. The van der Waals surface area contributed by atoms with Crippen molar-refractivity contribution in [1.82, 2.24) is 29.6 Å². The average molecular weight is 675 g/mol. The molecule has 0 spiro atoms. The second-order valence-corrected chi connectivity index (χ2v) is 13.5. The lowest BCUT2D eigenvalue weighted by atomic mass is 9.95. The lowest BCUT2D eigenvalue weighted by Crippen LogP contribution is -2.75. The minimum absolute atomic E-state index is 0.0285. The largest absolute Gasteiger partial charge is 0.524 e. The molecule has 252 valence electrons. The van der Waals surface area contributed by atoms with Crippen molar-refractivity contribution < 1.29 is 33.3 Å². The Hall–Kier alpha value is -4.55. The van der Waals surface area contributed by atoms with Crippen LogP contribution in [0.15, 0.2) is 85.6 Å². The Morgan fingerprint density at radius 3 is 2.65 bits per heavy atom. The highest BCUT2D eigenvalue weighted by Gasteiger charge is 2.51. The Kier molecular flexibility index (Phi) is 9.66. The molecule has 3 amide bonds. The van der Waals surface area contributed by atoms with E-state index in [-0.39, 0.29) is 68.4 Å². The average Bonchev–Trinajstić information content (AvgIpc) is 3.44. The van der Waals surface area contributed by atoms with E-state index in [1.165, 1.54) is 12.1 Å². The van der Waals surface area contributed by atoms with Gasteiger partial charge in [-0.1, -0.05) is 60.7 Å². The van der Waals surface area contributed by atoms with Crippen molar-refractivity contribution in [3.63, 3.8) is 0 Å². The van der Waals surface area contributed by atoms with Crippen molar-refractivity contribution in [2.75, 3.05) is 19.6 Å². The van der Waals surface area contributed by atoms with Gasteiger partial charge in [-0.05, 0) is 42.0 Å². The van der Waals surface area contributed by atoms with Crippen molar-refractivity contribution in [1.29, 1.82) is 0 Å². The van der Waals surface area contributed by atoms with Gasteiger partial charge in [0.1, 0.15) is 18.0 Å². The van der Waals surface area contributed by atoms with E-state index >= 15 is 0 Å². The number of phosphoric ester groups is 1. The molecule has 0 saturated carbocycles. The third-order valence-corrected chi connectivity index (χ3v) is 9.34. The minimum Gasteiger partial charge on any atom is -0.404 e. The molecule has 2 N–H and O–H groups in total. The normalized spacial score (nSPS) is 21.6. The van der Waals surface area contributed by atoms with E-state index in [1.807, 2.05) is 43.6 Å². The molecule has 13 nitrogen and oxygen atoms in total. The number of hydrogen-bond donors (Lipinski definition) is 2. The summed E-state index contributed by atoms with van der Waals surface area (Å²) in [5.41, 5.74) is 2.26. The smallest absolute Gasteiger partial charge is 0.404 e. The monoisotopic (exact) mass is 674 g/mol. The van der Waals surface area contributed by atoms with Gasteiger partial charge in [-0.25, -0.2) is 14.6 Å². The molecule has 2 aliphatic heterocycles. The van der Waals surface area contributed by atoms with Crippen LogP contribution in [0.1, 0.15) is 30.4 Å². The van der Waals surface area contributed by atoms with Crippen LogP contribution in [0.3, 0.4) is 0 Å². The maximum absolute atomic E-state index is 14.4. The molecule has 0 radical (unpaired) electrons. The first-order chi connectivity index (χ1) is 23.0. The molecule has 6 rings (SSSR count). The van der Waals surface area contributed by atoms with Crippen LogP contribution < -0.4 is 4.52 Å². The second kappa shape index (κ2) is 13.9. The molecule has 0 bridgehead atoms. The summed E-state index contributed by atoms with van der Waals surface area (Å²) in [6, 6.07) is 10.9. The summed E-state index contributed by atoms with van der Waals surface area (Å²) < 4.78 is 17.7. The maximum atomic E-state index is 14.4. The van der Waals surface area contributed by atoms with Crippen LogP contribution in [-0.4, -0.2) is 88.9 Å². The third-order valence-electron chi connectivity index (χ3n) is 8.90. The summed E-state index contributed by atoms with van der Waals surface area (Å²) in [7, 11) is -2.91. The molecule has 1 unspecified atom stereocenters. The summed E-state index contributed by atoms with van der Waals surface area (Å²) >= 11 is 0. The van der Waals surface area contributed by atoms with E-state index < -0.39 is 20.0 Å². The van der Waals surface area contributed by atoms with Crippen LogP contribution in [0, 0.1) is 5.92 Å². The van der Waals surface area contributed by atoms with E-state index in [0.717, 1.165) is 22.9 Å². The zero-order valence-electron chi connectivity index (χ0n) is 26.7. The van der Waals surface area contributed by atoms with Gasteiger partial charge in [0.15, 0.2) is 0 Å². The van der Waals surface area contributed by atoms with E-state index in [9.17, 15) is 28.7 Å². The number of hydrogen-bond acceptors (Lipinski definition) is 7. The Balaban J connectivity index is 1.34. The van der Waals surface area contributed by atoms with Crippen LogP contribution >= 0.6 is 7.82 Å². The van der Waals surface area contributed by atoms with E-state index in [1.54, 1.807) is 42.7 Å². The van der Waals surface area contributed by atoms with Crippen LogP contribution in [0.4, 0.5) is 0 Å². The van der Waals surface area contributed by atoms with Gasteiger partial charge in [-0.3, -0.25) is 28.9 Å². The van der Waals surface area contributed by atoms with Crippen molar-refractivity contribution in [2.24, 2.45) is 13.0 Å². The van der Waals surface area contributed by atoms with Gasteiger partial charge in [0.2, 0.25) is 17.7 Å². The minimum atomic E-state index is -4.75. The van der Waals surface area contributed by atoms with Gasteiger partial charge in [0.25, 0.3) is 0 Å². The van der Waals surface area contributed by atoms with Crippen molar-refractivity contribution in [3.05, 3.63) is 96.7 Å². The first-order valence-electron chi connectivity index (χ1n) is 15.9. The molecule has 3 aliphatic rings. The molecule has 2 aromatic carbocycles. The van der Waals surface area contributed by atoms with Crippen LogP contribution in [0.2, 0.25) is 0 Å². The van der Waals surface area contributed by atoms with Crippen molar-refractivity contribution in [2.45, 2.75) is 44.4 Å². The highest BCUT2D eigenvalue weighted by Crippen LogP contribution is 2.38. The molecule has 2 fully saturated rings.